The van der Waals surface area contributed by atoms with E-state index in [0.29, 0.717) is 0 Å². The van der Waals surface area contributed by atoms with Crippen molar-refractivity contribution in [1.29, 1.82) is 0 Å². The first-order valence-electron chi connectivity index (χ1n) is 5.07. The van der Waals surface area contributed by atoms with Crippen molar-refractivity contribution in [2.75, 3.05) is 0 Å². The normalized spacial score (nSPS) is 43.1. The van der Waals surface area contributed by atoms with Crippen molar-refractivity contribution in [3.63, 3.8) is 0 Å². The van der Waals surface area contributed by atoms with Gasteiger partial charge in [0.2, 0.25) is 0 Å². The molecular weight excluding hydrogens is 132 g/mol. The molecule has 1 fully saturated rings. The summed E-state index contributed by atoms with van der Waals surface area (Å²) in [6, 6.07) is 0. The fourth-order valence-electron chi connectivity index (χ4n) is 3.12. The molecule has 0 spiro atoms. The molecule has 1 rings (SSSR count). The van der Waals surface area contributed by atoms with E-state index in [-0.39, 0.29) is 0 Å². The van der Waals surface area contributed by atoms with Crippen LogP contribution in [0.5, 0.6) is 0 Å². The SMILES string of the molecule is CCCC1(C(C)C)C(C)C1C. The molecule has 0 aromatic rings. The van der Waals surface area contributed by atoms with Crippen LogP contribution < -0.4 is 0 Å². The molecule has 0 bridgehead atoms. The molecule has 0 saturated heterocycles. The summed E-state index contributed by atoms with van der Waals surface area (Å²) in [6.07, 6.45) is 2.79. The maximum Gasteiger partial charge on any atom is -0.0218 e. The molecule has 0 heterocycles. The van der Waals surface area contributed by atoms with Crippen molar-refractivity contribution in [2.24, 2.45) is 23.2 Å². The van der Waals surface area contributed by atoms with Crippen LogP contribution in [0, 0.1) is 23.2 Å². The lowest BCUT2D eigenvalue weighted by molar-refractivity contribution is 0.286. The molecule has 1 aliphatic carbocycles. The van der Waals surface area contributed by atoms with Gasteiger partial charge in [-0.05, 0) is 29.6 Å². The van der Waals surface area contributed by atoms with E-state index in [4.69, 9.17) is 0 Å². The lowest BCUT2D eigenvalue weighted by atomic mass is 9.84. The van der Waals surface area contributed by atoms with Crippen molar-refractivity contribution < 1.29 is 0 Å². The first-order valence-corrected chi connectivity index (χ1v) is 5.07. The summed E-state index contributed by atoms with van der Waals surface area (Å²) in [4.78, 5) is 0. The molecule has 2 atom stereocenters. The van der Waals surface area contributed by atoms with Crippen LogP contribution in [0.1, 0.15) is 47.5 Å². The summed E-state index contributed by atoms with van der Waals surface area (Å²) < 4.78 is 0. The molecule has 0 amide bonds. The molecule has 0 aromatic carbocycles. The molecule has 11 heavy (non-hydrogen) atoms. The zero-order valence-corrected chi connectivity index (χ0v) is 8.65. The Bertz CT molecular complexity index is 117. The van der Waals surface area contributed by atoms with E-state index in [1.165, 1.54) is 12.8 Å². The third-order valence-corrected chi connectivity index (χ3v) is 4.09. The van der Waals surface area contributed by atoms with Gasteiger partial charge in [0, 0.05) is 0 Å². The van der Waals surface area contributed by atoms with E-state index in [1.54, 1.807) is 0 Å². The average Bonchev–Trinajstić information content (AvgIpc) is 2.43. The van der Waals surface area contributed by atoms with Gasteiger partial charge in [0.05, 0.1) is 0 Å². The van der Waals surface area contributed by atoms with Gasteiger partial charge < -0.3 is 0 Å². The second-order valence-electron chi connectivity index (χ2n) is 4.59. The molecule has 0 aromatic heterocycles. The van der Waals surface area contributed by atoms with Crippen LogP contribution in [0.2, 0.25) is 0 Å². The van der Waals surface area contributed by atoms with Crippen molar-refractivity contribution in [3.8, 4) is 0 Å². The van der Waals surface area contributed by atoms with Crippen molar-refractivity contribution in [1.82, 2.24) is 0 Å². The zero-order valence-electron chi connectivity index (χ0n) is 8.65. The van der Waals surface area contributed by atoms with Gasteiger partial charge in [-0.1, -0.05) is 41.0 Å². The van der Waals surface area contributed by atoms with Gasteiger partial charge in [0.25, 0.3) is 0 Å². The van der Waals surface area contributed by atoms with Crippen molar-refractivity contribution >= 4 is 0 Å². The summed E-state index contributed by atoms with van der Waals surface area (Å²) >= 11 is 0. The highest BCUT2D eigenvalue weighted by molar-refractivity contribution is 5.07. The second kappa shape index (κ2) is 2.80. The van der Waals surface area contributed by atoms with E-state index >= 15 is 0 Å². The van der Waals surface area contributed by atoms with Crippen LogP contribution >= 0.6 is 0 Å². The Hall–Kier alpha value is 0. The fraction of sp³-hybridized carbons (Fsp3) is 1.00. The molecule has 0 radical (unpaired) electrons. The van der Waals surface area contributed by atoms with E-state index in [0.717, 1.165) is 23.2 Å². The van der Waals surface area contributed by atoms with Gasteiger partial charge in [0.15, 0.2) is 0 Å². The highest BCUT2D eigenvalue weighted by Gasteiger charge is 2.59. The van der Waals surface area contributed by atoms with E-state index in [2.05, 4.69) is 34.6 Å². The van der Waals surface area contributed by atoms with Crippen LogP contribution in [0.25, 0.3) is 0 Å². The largest absolute Gasteiger partial charge is 0.0654 e. The van der Waals surface area contributed by atoms with E-state index in [1.807, 2.05) is 0 Å². The zero-order chi connectivity index (χ0) is 8.65. The van der Waals surface area contributed by atoms with Crippen LogP contribution in [0.3, 0.4) is 0 Å². The van der Waals surface area contributed by atoms with Crippen LogP contribution in [-0.4, -0.2) is 0 Å². The van der Waals surface area contributed by atoms with E-state index < -0.39 is 0 Å². The topological polar surface area (TPSA) is 0 Å². The van der Waals surface area contributed by atoms with Crippen LogP contribution in [-0.2, 0) is 0 Å². The molecule has 1 saturated carbocycles. The van der Waals surface area contributed by atoms with E-state index in [9.17, 15) is 0 Å². The number of hydrogen-bond acceptors (Lipinski definition) is 0. The predicted molar refractivity (Wildman–Crippen MR) is 50.5 cm³/mol. The van der Waals surface area contributed by atoms with Gasteiger partial charge in [0.1, 0.15) is 0 Å². The Morgan fingerprint density at radius 1 is 1.18 bits per heavy atom. The molecule has 2 unspecified atom stereocenters. The minimum absolute atomic E-state index is 0.717. The third kappa shape index (κ3) is 1.11. The van der Waals surface area contributed by atoms with Gasteiger partial charge in [-0.25, -0.2) is 0 Å². The maximum atomic E-state index is 2.42. The monoisotopic (exact) mass is 154 g/mol. The summed E-state index contributed by atoms with van der Waals surface area (Å²) in [5, 5.41) is 0. The van der Waals surface area contributed by atoms with Crippen molar-refractivity contribution in [2.45, 2.75) is 47.5 Å². The summed E-state index contributed by atoms with van der Waals surface area (Å²) in [5.74, 6) is 2.83. The molecule has 0 aliphatic heterocycles. The molecule has 1 aliphatic rings. The Balaban J connectivity index is 2.61. The molecular formula is C11H22. The third-order valence-electron chi connectivity index (χ3n) is 4.09. The predicted octanol–water partition coefficient (Wildman–Crippen LogP) is 3.71. The number of hydrogen-bond donors (Lipinski definition) is 0. The molecule has 0 N–H and O–H groups in total. The Labute approximate surface area is 71.4 Å². The maximum absolute atomic E-state index is 2.42. The Morgan fingerprint density at radius 3 is 1.73 bits per heavy atom. The molecule has 0 heteroatoms. The Kier molecular flexibility index (Phi) is 2.32. The average molecular weight is 154 g/mol. The lowest BCUT2D eigenvalue weighted by Crippen LogP contribution is -2.13. The highest BCUT2D eigenvalue weighted by Crippen LogP contribution is 2.65. The lowest BCUT2D eigenvalue weighted by Gasteiger charge is -2.21. The van der Waals surface area contributed by atoms with Gasteiger partial charge >= 0.3 is 0 Å². The summed E-state index contributed by atoms with van der Waals surface area (Å²) in [6.45, 7) is 11.9. The first kappa shape index (κ1) is 9.09. The number of rotatable bonds is 3. The fourth-order valence-corrected chi connectivity index (χ4v) is 3.12. The first-order chi connectivity index (χ1) is 5.07. The van der Waals surface area contributed by atoms with Gasteiger partial charge in [-0.2, -0.15) is 0 Å². The Morgan fingerprint density at radius 2 is 1.64 bits per heavy atom. The highest BCUT2D eigenvalue weighted by atomic mass is 14.6. The quantitative estimate of drug-likeness (QED) is 0.581. The summed E-state index contributed by atoms with van der Waals surface area (Å²) in [7, 11) is 0. The van der Waals surface area contributed by atoms with Gasteiger partial charge in [-0.3, -0.25) is 0 Å². The minimum atomic E-state index is 0.717. The van der Waals surface area contributed by atoms with Crippen LogP contribution in [0.4, 0.5) is 0 Å². The molecule has 0 nitrogen and oxygen atoms in total. The second-order valence-corrected chi connectivity index (χ2v) is 4.59. The van der Waals surface area contributed by atoms with Crippen molar-refractivity contribution in [3.05, 3.63) is 0 Å². The van der Waals surface area contributed by atoms with Crippen LogP contribution in [0.15, 0.2) is 0 Å². The smallest absolute Gasteiger partial charge is 0.0218 e. The summed E-state index contributed by atoms with van der Waals surface area (Å²) in [5.41, 5.74) is 0.717. The van der Waals surface area contributed by atoms with Gasteiger partial charge in [-0.15, -0.1) is 0 Å². The standard InChI is InChI=1S/C11H22/c1-6-7-11(8(2)3)9(4)10(11)5/h8-10H,6-7H2,1-5H3. The molecule has 66 valence electrons. The minimum Gasteiger partial charge on any atom is -0.0654 e.